The highest BCUT2D eigenvalue weighted by Gasteiger charge is 2.63. The first-order chi connectivity index (χ1) is 12.4. The average Bonchev–Trinajstić information content (AvgIpc) is 2.96. The molecule has 2 saturated heterocycles. The SMILES string of the molecule is CC(C)c1cccc(C23CC2CN(C(=O)[C@H]2C[C@]4(COC(=O)N4)C2)C3)c1. The highest BCUT2D eigenvalue weighted by atomic mass is 16.6. The predicted octanol–water partition coefficient (Wildman–Crippen LogP) is 2.80. The third-order valence-electron chi connectivity index (χ3n) is 7.06. The molecule has 2 unspecified atom stereocenters. The van der Waals surface area contributed by atoms with Crippen LogP contribution in [0.5, 0.6) is 0 Å². The Kier molecular flexibility index (Phi) is 3.26. The van der Waals surface area contributed by atoms with Gasteiger partial charge >= 0.3 is 6.09 Å². The summed E-state index contributed by atoms with van der Waals surface area (Å²) in [7, 11) is 0. The van der Waals surface area contributed by atoms with E-state index in [0.29, 0.717) is 31.3 Å². The molecule has 5 nitrogen and oxygen atoms in total. The van der Waals surface area contributed by atoms with Gasteiger partial charge in [0.25, 0.3) is 0 Å². The molecule has 0 bridgehead atoms. The third-order valence-corrected chi connectivity index (χ3v) is 7.06. The summed E-state index contributed by atoms with van der Waals surface area (Å²) < 4.78 is 5.02. The fourth-order valence-electron chi connectivity index (χ4n) is 5.33. The van der Waals surface area contributed by atoms with E-state index in [1.165, 1.54) is 17.5 Å². The Balaban J connectivity index is 1.26. The zero-order chi connectivity index (χ0) is 18.1. The van der Waals surface area contributed by atoms with Crippen LogP contribution in [0.4, 0.5) is 4.79 Å². The number of hydrogen-bond acceptors (Lipinski definition) is 3. The smallest absolute Gasteiger partial charge is 0.407 e. The fourth-order valence-corrected chi connectivity index (χ4v) is 5.33. The number of cyclic esters (lactones) is 1. The molecule has 2 atom stereocenters. The lowest BCUT2D eigenvalue weighted by molar-refractivity contribution is -0.140. The number of benzene rings is 1. The van der Waals surface area contributed by atoms with Gasteiger partial charge in [-0.05, 0) is 42.2 Å². The summed E-state index contributed by atoms with van der Waals surface area (Å²) in [4.78, 5) is 26.3. The highest BCUT2D eigenvalue weighted by molar-refractivity contribution is 5.82. The number of hydrogen-bond donors (Lipinski definition) is 1. The van der Waals surface area contributed by atoms with Crippen molar-refractivity contribution in [2.24, 2.45) is 11.8 Å². The van der Waals surface area contributed by atoms with Gasteiger partial charge in [0, 0.05) is 24.4 Å². The molecule has 1 spiro atoms. The Morgan fingerprint density at radius 3 is 2.81 bits per heavy atom. The van der Waals surface area contributed by atoms with Gasteiger partial charge in [-0.15, -0.1) is 0 Å². The Hall–Kier alpha value is -2.04. The molecule has 4 fully saturated rings. The maximum absolute atomic E-state index is 12.9. The summed E-state index contributed by atoms with van der Waals surface area (Å²) >= 11 is 0. The Morgan fingerprint density at radius 1 is 1.31 bits per heavy atom. The number of alkyl carbamates (subject to hydrolysis) is 1. The van der Waals surface area contributed by atoms with Crippen molar-refractivity contribution in [3.05, 3.63) is 35.4 Å². The Bertz CT molecular complexity index is 783. The molecule has 0 radical (unpaired) electrons. The summed E-state index contributed by atoms with van der Waals surface area (Å²) in [6, 6.07) is 8.95. The largest absolute Gasteiger partial charge is 0.447 e. The van der Waals surface area contributed by atoms with Crippen molar-refractivity contribution >= 4 is 12.0 Å². The van der Waals surface area contributed by atoms with Crippen LogP contribution in [0.15, 0.2) is 24.3 Å². The number of amides is 2. The fraction of sp³-hybridized carbons (Fsp3) is 0.619. The van der Waals surface area contributed by atoms with Crippen molar-refractivity contribution in [3.63, 3.8) is 0 Å². The van der Waals surface area contributed by atoms with E-state index in [2.05, 4.69) is 48.3 Å². The van der Waals surface area contributed by atoms with Gasteiger partial charge < -0.3 is 15.0 Å². The van der Waals surface area contributed by atoms with Crippen molar-refractivity contribution in [2.75, 3.05) is 19.7 Å². The molecule has 2 aliphatic heterocycles. The zero-order valence-electron chi connectivity index (χ0n) is 15.5. The predicted molar refractivity (Wildman–Crippen MR) is 96.8 cm³/mol. The first-order valence-electron chi connectivity index (χ1n) is 9.75. The minimum Gasteiger partial charge on any atom is -0.447 e. The van der Waals surface area contributed by atoms with E-state index in [1.807, 2.05) is 0 Å². The monoisotopic (exact) mass is 354 g/mol. The second kappa shape index (κ2) is 5.24. The molecule has 1 aromatic carbocycles. The quantitative estimate of drug-likeness (QED) is 0.908. The average molecular weight is 354 g/mol. The van der Waals surface area contributed by atoms with Crippen molar-refractivity contribution < 1.29 is 14.3 Å². The molecular formula is C21H26N2O3. The van der Waals surface area contributed by atoms with Gasteiger partial charge in [-0.1, -0.05) is 38.1 Å². The highest BCUT2D eigenvalue weighted by Crippen LogP contribution is 2.59. The number of rotatable bonds is 3. The molecule has 26 heavy (non-hydrogen) atoms. The third kappa shape index (κ3) is 2.29. The molecule has 138 valence electrons. The van der Waals surface area contributed by atoms with Gasteiger partial charge in [-0.2, -0.15) is 0 Å². The van der Waals surface area contributed by atoms with Crippen molar-refractivity contribution in [3.8, 4) is 0 Å². The van der Waals surface area contributed by atoms with E-state index in [-0.39, 0.29) is 28.9 Å². The molecule has 1 aromatic rings. The molecule has 1 N–H and O–H groups in total. The van der Waals surface area contributed by atoms with Gasteiger partial charge in [0.05, 0.1) is 5.54 Å². The van der Waals surface area contributed by atoms with Crippen LogP contribution in [0.1, 0.15) is 50.2 Å². The first kappa shape index (κ1) is 16.2. The standard InChI is InChI=1S/C21H26N2O3/c1-13(2)14-4-3-5-16(6-14)21-9-17(21)10-23(11-21)18(24)15-7-20(8-15)12-26-19(25)22-20/h3-6,13,15,17H,7-12H2,1-2H3,(H,22,25)/t15-,17?,20+,21?. The normalized spacial score (nSPS) is 37.3. The molecule has 2 aliphatic carbocycles. The van der Waals surface area contributed by atoms with E-state index in [0.717, 1.165) is 13.1 Å². The van der Waals surface area contributed by atoms with Crippen LogP contribution in [0.3, 0.4) is 0 Å². The van der Waals surface area contributed by atoms with Crippen LogP contribution in [-0.4, -0.2) is 42.1 Å². The lowest BCUT2D eigenvalue weighted by Gasteiger charge is -2.43. The van der Waals surface area contributed by atoms with Gasteiger partial charge in [-0.3, -0.25) is 4.79 Å². The van der Waals surface area contributed by atoms with Gasteiger partial charge in [0.1, 0.15) is 6.61 Å². The van der Waals surface area contributed by atoms with Crippen LogP contribution in [-0.2, 0) is 14.9 Å². The van der Waals surface area contributed by atoms with Gasteiger partial charge in [0.2, 0.25) is 5.91 Å². The minimum atomic E-state index is -0.345. The zero-order valence-corrected chi connectivity index (χ0v) is 15.5. The molecule has 5 rings (SSSR count). The first-order valence-corrected chi connectivity index (χ1v) is 9.75. The summed E-state index contributed by atoms with van der Waals surface area (Å²) in [6.07, 6.45) is 2.29. The van der Waals surface area contributed by atoms with Crippen LogP contribution in [0.25, 0.3) is 0 Å². The number of carbonyl (C=O) groups is 2. The van der Waals surface area contributed by atoms with Crippen molar-refractivity contribution in [1.29, 1.82) is 0 Å². The second-order valence-corrected chi connectivity index (χ2v) is 9.14. The summed E-state index contributed by atoms with van der Waals surface area (Å²) in [5.41, 5.74) is 2.70. The number of piperidine rings is 1. The molecule has 2 saturated carbocycles. The van der Waals surface area contributed by atoms with Crippen LogP contribution in [0.2, 0.25) is 0 Å². The van der Waals surface area contributed by atoms with Crippen LogP contribution in [0, 0.1) is 11.8 Å². The van der Waals surface area contributed by atoms with E-state index in [9.17, 15) is 9.59 Å². The summed E-state index contributed by atoms with van der Waals surface area (Å²) in [5, 5.41) is 2.88. The van der Waals surface area contributed by atoms with E-state index in [4.69, 9.17) is 4.74 Å². The number of fused-ring (bicyclic) bond motifs is 1. The van der Waals surface area contributed by atoms with Crippen LogP contribution < -0.4 is 5.32 Å². The van der Waals surface area contributed by atoms with Crippen molar-refractivity contribution in [2.45, 2.75) is 50.0 Å². The van der Waals surface area contributed by atoms with E-state index in [1.54, 1.807) is 0 Å². The van der Waals surface area contributed by atoms with Gasteiger partial charge in [-0.25, -0.2) is 4.79 Å². The van der Waals surface area contributed by atoms with Crippen molar-refractivity contribution in [1.82, 2.24) is 10.2 Å². The number of nitrogens with zero attached hydrogens (tertiary/aromatic N) is 1. The maximum Gasteiger partial charge on any atom is 0.407 e. The molecular weight excluding hydrogens is 328 g/mol. The molecule has 5 heteroatoms. The second-order valence-electron chi connectivity index (χ2n) is 9.14. The summed E-state index contributed by atoms with van der Waals surface area (Å²) in [5.74, 6) is 1.44. The molecule has 2 heterocycles. The summed E-state index contributed by atoms with van der Waals surface area (Å²) in [6.45, 7) is 6.60. The minimum absolute atomic E-state index is 0.0357. The number of nitrogens with one attached hydrogen (secondary N) is 1. The lowest BCUT2D eigenvalue weighted by atomic mass is 9.68. The van der Waals surface area contributed by atoms with E-state index >= 15 is 0 Å². The number of carbonyl (C=O) groups excluding carboxylic acids is 2. The van der Waals surface area contributed by atoms with Gasteiger partial charge in [0.15, 0.2) is 0 Å². The Morgan fingerprint density at radius 2 is 2.12 bits per heavy atom. The lowest BCUT2D eigenvalue weighted by Crippen LogP contribution is -2.58. The van der Waals surface area contributed by atoms with Crippen LogP contribution >= 0.6 is 0 Å². The maximum atomic E-state index is 12.9. The Labute approximate surface area is 154 Å². The number of likely N-dealkylation sites (tertiary alicyclic amines) is 1. The molecule has 4 aliphatic rings. The topological polar surface area (TPSA) is 58.6 Å². The molecule has 2 amide bonds. The molecule has 0 aromatic heterocycles. The number of ether oxygens (including phenoxy) is 1. The van der Waals surface area contributed by atoms with E-state index < -0.39 is 0 Å².